The summed E-state index contributed by atoms with van der Waals surface area (Å²) in [5.74, 6) is 1.70. The molecule has 0 bridgehead atoms. The minimum Gasteiger partial charge on any atom is -0.496 e. The Hall–Kier alpha value is -1.44. The third-order valence-corrected chi connectivity index (χ3v) is 1.81. The maximum absolute atomic E-state index is 5.43. The molecular weight excluding hydrogens is 164 g/mol. The van der Waals surface area contributed by atoms with Crippen LogP contribution in [0.5, 0.6) is 11.5 Å². The van der Waals surface area contributed by atoms with E-state index in [1.165, 1.54) is 0 Å². The van der Waals surface area contributed by atoms with Gasteiger partial charge in [-0.2, -0.15) is 0 Å². The molecule has 0 spiro atoms. The number of rotatable bonds is 4. The molecule has 0 aliphatic carbocycles. The Bertz CT molecular complexity index is 292. The van der Waals surface area contributed by atoms with Crippen molar-refractivity contribution in [1.82, 2.24) is 0 Å². The number of hydrogen-bond acceptors (Lipinski definition) is 2. The van der Waals surface area contributed by atoms with Crippen molar-refractivity contribution in [3.63, 3.8) is 0 Å². The van der Waals surface area contributed by atoms with Crippen molar-refractivity contribution in [2.45, 2.75) is 6.92 Å². The van der Waals surface area contributed by atoms with Crippen LogP contribution >= 0.6 is 0 Å². The highest BCUT2D eigenvalue weighted by molar-refractivity contribution is 5.43. The second-order valence-corrected chi connectivity index (χ2v) is 2.68. The van der Waals surface area contributed by atoms with E-state index in [0.29, 0.717) is 6.61 Å². The van der Waals surface area contributed by atoms with Crippen molar-refractivity contribution in [3.05, 3.63) is 36.4 Å². The van der Waals surface area contributed by atoms with E-state index < -0.39 is 0 Å². The van der Waals surface area contributed by atoms with Crippen molar-refractivity contribution in [3.8, 4) is 11.5 Å². The predicted molar refractivity (Wildman–Crippen MR) is 53.4 cm³/mol. The molecule has 0 aromatic heterocycles. The van der Waals surface area contributed by atoms with E-state index in [9.17, 15) is 0 Å². The zero-order valence-electron chi connectivity index (χ0n) is 8.04. The van der Waals surface area contributed by atoms with Crippen LogP contribution in [0.3, 0.4) is 0 Å². The van der Waals surface area contributed by atoms with Crippen LogP contribution in [0.15, 0.2) is 30.9 Å². The van der Waals surface area contributed by atoms with Crippen molar-refractivity contribution >= 4 is 0 Å². The summed E-state index contributed by atoms with van der Waals surface area (Å²) < 4.78 is 10.6. The highest BCUT2D eigenvalue weighted by Crippen LogP contribution is 2.26. The van der Waals surface area contributed by atoms with Gasteiger partial charge in [0.15, 0.2) is 0 Å². The fourth-order valence-electron chi connectivity index (χ4n) is 1.12. The molecule has 0 amide bonds. The largest absolute Gasteiger partial charge is 0.496 e. The third-order valence-electron chi connectivity index (χ3n) is 1.81. The molecule has 0 saturated carbocycles. The molecule has 0 saturated heterocycles. The third kappa shape index (κ3) is 2.25. The molecule has 0 atom stereocenters. The molecular formula is C11H14O2. The Morgan fingerprint density at radius 2 is 2.08 bits per heavy atom. The summed E-state index contributed by atoms with van der Waals surface area (Å²) in [6.45, 7) is 6.08. The fourth-order valence-corrected chi connectivity index (χ4v) is 1.12. The van der Waals surface area contributed by atoms with E-state index in [1.54, 1.807) is 13.2 Å². The van der Waals surface area contributed by atoms with Gasteiger partial charge in [0.2, 0.25) is 0 Å². The summed E-state index contributed by atoms with van der Waals surface area (Å²) in [5.41, 5.74) is 1.02. The Morgan fingerprint density at radius 3 is 2.69 bits per heavy atom. The van der Waals surface area contributed by atoms with Gasteiger partial charge in [-0.15, -0.1) is 0 Å². The summed E-state index contributed by atoms with van der Waals surface area (Å²) in [4.78, 5) is 0. The first-order chi connectivity index (χ1) is 6.29. The van der Waals surface area contributed by atoms with E-state index in [0.717, 1.165) is 17.1 Å². The lowest BCUT2D eigenvalue weighted by Gasteiger charge is -2.10. The Morgan fingerprint density at radius 1 is 1.38 bits per heavy atom. The molecule has 70 valence electrons. The van der Waals surface area contributed by atoms with Crippen LogP contribution < -0.4 is 9.47 Å². The minimum absolute atomic E-state index is 0.522. The van der Waals surface area contributed by atoms with Gasteiger partial charge < -0.3 is 9.47 Å². The number of benzene rings is 1. The molecule has 0 N–H and O–H groups in total. The quantitative estimate of drug-likeness (QED) is 0.660. The van der Waals surface area contributed by atoms with Gasteiger partial charge in [0, 0.05) is 5.56 Å². The summed E-state index contributed by atoms with van der Waals surface area (Å²) >= 11 is 0. The smallest absolute Gasteiger partial charge is 0.126 e. The second kappa shape index (κ2) is 4.55. The molecule has 0 unspecified atom stereocenters. The molecule has 0 fully saturated rings. The second-order valence-electron chi connectivity index (χ2n) is 2.68. The molecule has 0 aliphatic heterocycles. The van der Waals surface area contributed by atoms with Gasteiger partial charge in [-0.3, -0.25) is 0 Å². The van der Waals surface area contributed by atoms with E-state index in [4.69, 9.17) is 9.47 Å². The fraction of sp³-hybridized carbons (Fsp3) is 0.273. The van der Waals surface area contributed by atoms with E-state index in [2.05, 4.69) is 6.58 Å². The van der Waals surface area contributed by atoms with Crippen LogP contribution in [0.4, 0.5) is 0 Å². The zero-order chi connectivity index (χ0) is 9.68. The summed E-state index contributed by atoms with van der Waals surface area (Å²) in [6.07, 6.45) is 1.72. The molecule has 2 nitrogen and oxygen atoms in total. The molecule has 1 aromatic rings. The SMILES string of the molecule is C=CCOc1cccc(OC)c1C. The van der Waals surface area contributed by atoms with Gasteiger partial charge in [0.05, 0.1) is 7.11 Å². The molecule has 0 aliphatic rings. The summed E-state index contributed by atoms with van der Waals surface area (Å²) in [6, 6.07) is 5.74. The van der Waals surface area contributed by atoms with Crippen molar-refractivity contribution in [1.29, 1.82) is 0 Å². The van der Waals surface area contributed by atoms with Crippen LogP contribution in [0.2, 0.25) is 0 Å². The van der Waals surface area contributed by atoms with Gasteiger partial charge in [-0.25, -0.2) is 0 Å². The Labute approximate surface area is 78.8 Å². The van der Waals surface area contributed by atoms with E-state index >= 15 is 0 Å². The average molecular weight is 178 g/mol. The van der Waals surface area contributed by atoms with Gasteiger partial charge in [0.1, 0.15) is 18.1 Å². The molecule has 0 heterocycles. The van der Waals surface area contributed by atoms with Gasteiger partial charge in [-0.1, -0.05) is 18.7 Å². The summed E-state index contributed by atoms with van der Waals surface area (Å²) in [7, 11) is 1.65. The van der Waals surface area contributed by atoms with Crippen molar-refractivity contribution in [2.75, 3.05) is 13.7 Å². The highest BCUT2D eigenvalue weighted by Gasteiger charge is 2.03. The topological polar surface area (TPSA) is 18.5 Å². The van der Waals surface area contributed by atoms with Gasteiger partial charge in [0.25, 0.3) is 0 Å². The minimum atomic E-state index is 0.522. The number of hydrogen-bond donors (Lipinski definition) is 0. The monoisotopic (exact) mass is 178 g/mol. The molecule has 1 rings (SSSR count). The zero-order valence-corrected chi connectivity index (χ0v) is 8.04. The van der Waals surface area contributed by atoms with Crippen molar-refractivity contribution < 1.29 is 9.47 Å². The van der Waals surface area contributed by atoms with Crippen LogP contribution in [-0.4, -0.2) is 13.7 Å². The average Bonchev–Trinajstić information content (AvgIpc) is 2.16. The lowest BCUT2D eigenvalue weighted by atomic mass is 10.2. The first-order valence-electron chi connectivity index (χ1n) is 4.17. The van der Waals surface area contributed by atoms with Crippen LogP contribution in [0.1, 0.15) is 5.56 Å². The predicted octanol–water partition coefficient (Wildman–Crippen LogP) is 2.57. The van der Waals surface area contributed by atoms with Gasteiger partial charge in [-0.05, 0) is 19.1 Å². The first kappa shape index (κ1) is 9.65. The summed E-state index contributed by atoms with van der Waals surface area (Å²) in [5, 5.41) is 0. The van der Waals surface area contributed by atoms with E-state index in [-0.39, 0.29) is 0 Å². The van der Waals surface area contributed by atoms with Crippen LogP contribution in [0.25, 0.3) is 0 Å². The Kier molecular flexibility index (Phi) is 3.38. The first-order valence-corrected chi connectivity index (χ1v) is 4.17. The molecule has 1 aromatic carbocycles. The lowest BCUT2D eigenvalue weighted by molar-refractivity contribution is 0.353. The lowest BCUT2D eigenvalue weighted by Crippen LogP contribution is -1.96. The van der Waals surface area contributed by atoms with Crippen LogP contribution in [0, 0.1) is 6.92 Å². The number of methoxy groups -OCH3 is 1. The molecule has 2 heteroatoms. The van der Waals surface area contributed by atoms with Crippen LogP contribution in [-0.2, 0) is 0 Å². The molecule has 13 heavy (non-hydrogen) atoms. The van der Waals surface area contributed by atoms with Crippen molar-refractivity contribution in [2.24, 2.45) is 0 Å². The van der Waals surface area contributed by atoms with E-state index in [1.807, 2.05) is 25.1 Å². The Balaban J connectivity index is 2.87. The maximum Gasteiger partial charge on any atom is 0.126 e. The normalized spacial score (nSPS) is 9.38. The maximum atomic E-state index is 5.43. The van der Waals surface area contributed by atoms with Gasteiger partial charge >= 0.3 is 0 Å². The number of ether oxygens (including phenoxy) is 2. The standard InChI is InChI=1S/C11H14O2/c1-4-8-13-11-7-5-6-10(12-3)9(11)2/h4-7H,1,8H2,2-3H3. The molecule has 0 radical (unpaired) electrons. The highest BCUT2D eigenvalue weighted by atomic mass is 16.5.